The van der Waals surface area contributed by atoms with Crippen LogP contribution in [-0.4, -0.2) is 20.2 Å². The normalized spacial score (nSPS) is 10.2. The van der Waals surface area contributed by atoms with Crippen LogP contribution in [0.4, 0.5) is 0 Å². The van der Waals surface area contributed by atoms with Crippen LogP contribution in [0.15, 0.2) is 42.5 Å². The summed E-state index contributed by atoms with van der Waals surface area (Å²) in [7, 11) is 1.57. The molecule has 98 valence electrons. The van der Waals surface area contributed by atoms with E-state index in [1.807, 2.05) is 37.3 Å². The van der Waals surface area contributed by atoms with Crippen molar-refractivity contribution in [2.75, 3.05) is 13.9 Å². The fraction of sp³-hybridized carbons (Fsp3) is 0.188. The second-order valence-corrected chi connectivity index (χ2v) is 4.28. The number of ether oxygens (including phenoxy) is 2. The van der Waals surface area contributed by atoms with Crippen molar-refractivity contribution in [3.05, 3.63) is 53.6 Å². The van der Waals surface area contributed by atoms with Crippen molar-refractivity contribution in [3.8, 4) is 16.9 Å². The van der Waals surface area contributed by atoms with Gasteiger partial charge in [-0.15, -0.1) is 0 Å². The van der Waals surface area contributed by atoms with Crippen LogP contribution >= 0.6 is 0 Å². The van der Waals surface area contributed by atoms with Crippen molar-refractivity contribution in [2.24, 2.45) is 0 Å². The van der Waals surface area contributed by atoms with Crippen LogP contribution in [0.25, 0.3) is 11.1 Å². The zero-order valence-corrected chi connectivity index (χ0v) is 11.1. The van der Waals surface area contributed by atoms with Gasteiger partial charge in [0.2, 0.25) is 0 Å². The van der Waals surface area contributed by atoms with Gasteiger partial charge in [-0.3, -0.25) is 4.79 Å². The minimum Gasteiger partial charge on any atom is -0.468 e. The molecule has 0 radical (unpaired) electrons. The molecule has 2 aromatic carbocycles. The second-order valence-electron chi connectivity index (χ2n) is 4.28. The summed E-state index contributed by atoms with van der Waals surface area (Å²) in [5.41, 5.74) is 3.69. The van der Waals surface area contributed by atoms with E-state index in [0.29, 0.717) is 11.3 Å². The summed E-state index contributed by atoms with van der Waals surface area (Å²) in [6.07, 6.45) is 0.856. The molecule has 0 bridgehead atoms. The Morgan fingerprint density at radius 1 is 1.11 bits per heavy atom. The summed E-state index contributed by atoms with van der Waals surface area (Å²) in [6.45, 7) is 2.22. The number of hydrogen-bond acceptors (Lipinski definition) is 3. The molecule has 0 fully saturated rings. The van der Waals surface area contributed by atoms with E-state index in [-0.39, 0.29) is 6.79 Å². The van der Waals surface area contributed by atoms with Crippen molar-refractivity contribution >= 4 is 6.29 Å². The van der Waals surface area contributed by atoms with Crippen LogP contribution in [0.2, 0.25) is 0 Å². The molecule has 0 unspecified atom stereocenters. The van der Waals surface area contributed by atoms with E-state index in [0.717, 1.165) is 17.4 Å². The van der Waals surface area contributed by atoms with Gasteiger partial charge in [-0.2, -0.15) is 0 Å². The molecule has 19 heavy (non-hydrogen) atoms. The number of methoxy groups -OCH3 is 1. The molecule has 2 aromatic rings. The zero-order chi connectivity index (χ0) is 13.7. The highest BCUT2D eigenvalue weighted by molar-refractivity contribution is 5.88. The molecule has 0 heterocycles. The van der Waals surface area contributed by atoms with Crippen LogP contribution < -0.4 is 4.74 Å². The number of aldehydes is 1. The molecule has 0 aliphatic rings. The Labute approximate surface area is 112 Å². The highest BCUT2D eigenvalue weighted by Gasteiger charge is 2.06. The van der Waals surface area contributed by atoms with Gasteiger partial charge in [-0.1, -0.05) is 29.8 Å². The first-order chi connectivity index (χ1) is 9.24. The van der Waals surface area contributed by atoms with E-state index in [2.05, 4.69) is 0 Å². The van der Waals surface area contributed by atoms with Crippen LogP contribution in [-0.2, 0) is 4.74 Å². The van der Waals surface area contributed by atoms with Gasteiger partial charge in [0.05, 0.1) is 0 Å². The van der Waals surface area contributed by atoms with E-state index >= 15 is 0 Å². The third kappa shape index (κ3) is 3.20. The Balaban J connectivity index is 2.40. The molecule has 3 nitrogen and oxygen atoms in total. The summed E-state index contributed by atoms with van der Waals surface area (Å²) in [6, 6.07) is 13.4. The van der Waals surface area contributed by atoms with Gasteiger partial charge in [0.1, 0.15) is 5.75 Å². The van der Waals surface area contributed by atoms with Crippen LogP contribution in [0.3, 0.4) is 0 Å². The molecule has 0 saturated carbocycles. The lowest BCUT2D eigenvalue weighted by Crippen LogP contribution is -1.99. The van der Waals surface area contributed by atoms with E-state index in [4.69, 9.17) is 9.47 Å². The van der Waals surface area contributed by atoms with Crippen LogP contribution in [0, 0.1) is 6.92 Å². The van der Waals surface area contributed by atoms with Crippen molar-refractivity contribution in [1.82, 2.24) is 0 Å². The summed E-state index contributed by atoms with van der Waals surface area (Å²) < 4.78 is 10.3. The van der Waals surface area contributed by atoms with Gasteiger partial charge in [0.15, 0.2) is 13.1 Å². The van der Waals surface area contributed by atoms with Crippen molar-refractivity contribution in [1.29, 1.82) is 0 Å². The maximum Gasteiger partial charge on any atom is 0.188 e. The Hall–Kier alpha value is -2.13. The number of rotatable bonds is 5. The lowest BCUT2D eigenvalue weighted by Gasteiger charge is -2.10. The zero-order valence-electron chi connectivity index (χ0n) is 11.1. The quantitative estimate of drug-likeness (QED) is 0.607. The van der Waals surface area contributed by atoms with Crippen molar-refractivity contribution in [2.45, 2.75) is 6.92 Å². The van der Waals surface area contributed by atoms with E-state index in [1.165, 1.54) is 5.56 Å². The summed E-state index contributed by atoms with van der Waals surface area (Å²) in [4.78, 5) is 11.1. The highest BCUT2D eigenvalue weighted by atomic mass is 16.7. The Kier molecular flexibility index (Phi) is 4.31. The minimum absolute atomic E-state index is 0.188. The van der Waals surface area contributed by atoms with Crippen molar-refractivity contribution in [3.63, 3.8) is 0 Å². The molecule has 0 aliphatic heterocycles. The lowest BCUT2D eigenvalue weighted by atomic mass is 9.99. The van der Waals surface area contributed by atoms with E-state index in [1.54, 1.807) is 19.2 Å². The molecule has 3 heteroatoms. The van der Waals surface area contributed by atoms with Gasteiger partial charge in [-0.05, 0) is 36.2 Å². The molecular formula is C16H16O3. The van der Waals surface area contributed by atoms with Gasteiger partial charge >= 0.3 is 0 Å². The number of hydrogen-bond donors (Lipinski definition) is 0. The second kappa shape index (κ2) is 6.16. The van der Waals surface area contributed by atoms with Gasteiger partial charge < -0.3 is 9.47 Å². The predicted molar refractivity (Wildman–Crippen MR) is 74.5 cm³/mol. The maximum absolute atomic E-state index is 11.1. The average Bonchev–Trinajstić information content (AvgIpc) is 2.45. The largest absolute Gasteiger partial charge is 0.468 e. The first-order valence-electron chi connectivity index (χ1n) is 6.02. The standard InChI is InChI=1S/C16H16O3/c1-12-3-5-13(6-4-12)16-9-15(19-11-18-2)8-7-14(16)10-17/h3-10H,11H2,1-2H3. The summed E-state index contributed by atoms with van der Waals surface area (Å²) in [5, 5.41) is 0. The number of benzene rings is 2. The Bertz CT molecular complexity index is 559. The molecule has 0 aliphatic carbocycles. The Morgan fingerprint density at radius 2 is 1.84 bits per heavy atom. The van der Waals surface area contributed by atoms with Gasteiger partial charge in [-0.25, -0.2) is 0 Å². The van der Waals surface area contributed by atoms with Crippen LogP contribution in [0.1, 0.15) is 15.9 Å². The van der Waals surface area contributed by atoms with Gasteiger partial charge in [0.25, 0.3) is 0 Å². The average molecular weight is 256 g/mol. The molecule has 0 N–H and O–H groups in total. The third-order valence-electron chi connectivity index (χ3n) is 2.86. The summed E-state index contributed by atoms with van der Waals surface area (Å²) in [5.74, 6) is 0.683. The van der Waals surface area contributed by atoms with Crippen LogP contribution in [0.5, 0.6) is 5.75 Å². The minimum atomic E-state index is 0.188. The smallest absolute Gasteiger partial charge is 0.188 e. The predicted octanol–water partition coefficient (Wildman–Crippen LogP) is 3.46. The first kappa shape index (κ1) is 13.3. The van der Waals surface area contributed by atoms with E-state index in [9.17, 15) is 4.79 Å². The molecular weight excluding hydrogens is 240 g/mol. The monoisotopic (exact) mass is 256 g/mol. The number of carbonyl (C=O) groups is 1. The number of aryl methyl sites for hydroxylation is 1. The molecule has 0 spiro atoms. The SMILES string of the molecule is COCOc1ccc(C=O)c(-c2ccc(C)cc2)c1. The fourth-order valence-corrected chi connectivity index (χ4v) is 1.84. The third-order valence-corrected chi connectivity index (χ3v) is 2.86. The molecule has 0 atom stereocenters. The molecule has 0 amide bonds. The first-order valence-corrected chi connectivity index (χ1v) is 6.02. The summed E-state index contributed by atoms with van der Waals surface area (Å²) >= 11 is 0. The topological polar surface area (TPSA) is 35.5 Å². The lowest BCUT2D eigenvalue weighted by molar-refractivity contribution is 0.0511. The highest BCUT2D eigenvalue weighted by Crippen LogP contribution is 2.27. The van der Waals surface area contributed by atoms with Gasteiger partial charge in [0, 0.05) is 12.7 Å². The molecule has 0 saturated heterocycles. The molecule has 0 aromatic heterocycles. The van der Waals surface area contributed by atoms with Crippen molar-refractivity contribution < 1.29 is 14.3 Å². The number of carbonyl (C=O) groups excluding carboxylic acids is 1. The molecule has 2 rings (SSSR count). The fourth-order valence-electron chi connectivity index (χ4n) is 1.84. The Morgan fingerprint density at radius 3 is 2.47 bits per heavy atom. The maximum atomic E-state index is 11.1. The van der Waals surface area contributed by atoms with E-state index < -0.39 is 0 Å².